The summed E-state index contributed by atoms with van der Waals surface area (Å²) in [5.41, 5.74) is 2.97. The van der Waals surface area contributed by atoms with Crippen molar-refractivity contribution >= 4 is 23.5 Å². The highest BCUT2D eigenvalue weighted by molar-refractivity contribution is 6.44. The summed E-state index contributed by atoms with van der Waals surface area (Å²) in [6.07, 6.45) is 5.03. The Morgan fingerprint density at radius 1 is 1.43 bits per heavy atom. The highest BCUT2D eigenvalue weighted by Crippen LogP contribution is 2.22. The van der Waals surface area contributed by atoms with Gasteiger partial charge < -0.3 is 0 Å². The van der Waals surface area contributed by atoms with Gasteiger partial charge in [0.15, 0.2) is 0 Å². The van der Waals surface area contributed by atoms with E-state index in [9.17, 15) is 4.79 Å². The molecule has 1 aromatic carbocycles. The van der Waals surface area contributed by atoms with Gasteiger partial charge in [-0.05, 0) is 23.6 Å². The number of halogens is 1. The molecule has 0 fully saturated rings. The van der Waals surface area contributed by atoms with Crippen LogP contribution in [0.1, 0.15) is 21.5 Å². The summed E-state index contributed by atoms with van der Waals surface area (Å²) in [5.74, 6) is -0.193. The normalized spacial score (nSPS) is 12.6. The molecular weight excluding hydrogens is 196 g/mol. The van der Waals surface area contributed by atoms with Crippen LogP contribution in [0.3, 0.4) is 0 Å². The zero-order valence-electron chi connectivity index (χ0n) is 7.59. The second-order valence-electron chi connectivity index (χ2n) is 3.25. The van der Waals surface area contributed by atoms with Crippen molar-refractivity contribution in [3.63, 3.8) is 0 Å². The van der Waals surface area contributed by atoms with E-state index in [-0.39, 0.29) is 10.8 Å². The maximum Gasteiger partial charge on any atom is 0.203 e. The number of carbonyl (C=O) groups excluding carboxylic acids is 1. The highest BCUT2D eigenvalue weighted by atomic mass is 35.5. The molecule has 2 rings (SSSR count). The van der Waals surface area contributed by atoms with Gasteiger partial charge in [-0.25, -0.2) is 0 Å². The van der Waals surface area contributed by atoms with Gasteiger partial charge in [-0.1, -0.05) is 42.5 Å². The molecule has 0 saturated carbocycles. The highest BCUT2D eigenvalue weighted by Gasteiger charge is 2.11. The first-order chi connectivity index (χ1) is 6.68. The van der Waals surface area contributed by atoms with Crippen molar-refractivity contribution in [1.29, 1.82) is 0 Å². The van der Waals surface area contributed by atoms with E-state index in [1.165, 1.54) is 11.1 Å². The Bertz CT molecular complexity index is 444. The third kappa shape index (κ3) is 1.51. The molecule has 0 amide bonds. The van der Waals surface area contributed by atoms with Crippen LogP contribution in [0.5, 0.6) is 0 Å². The smallest absolute Gasteiger partial charge is 0.203 e. The van der Waals surface area contributed by atoms with Gasteiger partial charge in [-0.2, -0.15) is 0 Å². The second-order valence-corrected chi connectivity index (χ2v) is 3.71. The minimum Gasteiger partial charge on any atom is -0.288 e. The van der Waals surface area contributed by atoms with Crippen molar-refractivity contribution in [2.45, 2.75) is 6.42 Å². The number of Topliss-reactive ketones (excluding diaryl/α,β-unsaturated/α-hetero) is 1. The number of carbonyl (C=O) groups is 1. The van der Waals surface area contributed by atoms with Crippen molar-refractivity contribution < 1.29 is 4.79 Å². The number of rotatable bonds is 2. The Morgan fingerprint density at radius 2 is 2.21 bits per heavy atom. The fourth-order valence-corrected chi connectivity index (χ4v) is 1.66. The molecule has 14 heavy (non-hydrogen) atoms. The minimum atomic E-state index is -0.193. The maximum absolute atomic E-state index is 11.5. The number of ketones is 1. The average Bonchev–Trinajstić information content (AvgIpc) is 2.62. The Morgan fingerprint density at radius 3 is 2.93 bits per heavy atom. The largest absolute Gasteiger partial charge is 0.288 e. The second kappa shape index (κ2) is 3.43. The number of hydrogen-bond donors (Lipinski definition) is 0. The van der Waals surface area contributed by atoms with E-state index < -0.39 is 0 Å². The van der Waals surface area contributed by atoms with Crippen LogP contribution < -0.4 is 0 Å². The number of fused-ring (bicyclic) bond motifs is 1. The summed E-state index contributed by atoms with van der Waals surface area (Å²) >= 11 is 5.55. The van der Waals surface area contributed by atoms with E-state index in [0.717, 1.165) is 6.42 Å². The van der Waals surface area contributed by atoms with Crippen molar-refractivity contribution in [1.82, 2.24) is 0 Å². The molecule has 0 unspecified atom stereocenters. The monoisotopic (exact) mass is 204 g/mol. The number of benzene rings is 1. The first-order valence-corrected chi connectivity index (χ1v) is 4.75. The van der Waals surface area contributed by atoms with Crippen LogP contribution in [0, 0.1) is 0 Å². The summed E-state index contributed by atoms with van der Waals surface area (Å²) in [7, 11) is 0. The van der Waals surface area contributed by atoms with Crippen LogP contribution in [0.2, 0.25) is 0 Å². The quantitative estimate of drug-likeness (QED) is 0.534. The van der Waals surface area contributed by atoms with Crippen molar-refractivity contribution in [3.8, 4) is 0 Å². The van der Waals surface area contributed by atoms with E-state index in [4.69, 9.17) is 11.6 Å². The van der Waals surface area contributed by atoms with Gasteiger partial charge in [0.1, 0.15) is 0 Å². The van der Waals surface area contributed by atoms with Crippen LogP contribution >= 0.6 is 11.6 Å². The first-order valence-electron chi connectivity index (χ1n) is 4.37. The summed E-state index contributed by atoms with van der Waals surface area (Å²) in [6, 6.07) is 5.60. The Kier molecular flexibility index (Phi) is 2.26. The zero-order chi connectivity index (χ0) is 10.1. The third-order valence-electron chi connectivity index (χ3n) is 2.29. The summed E-state index contributed by atoms with van der Waals surface area (Å²) in [6.45, 7) is 3.43. The lowest BCUT2D eigenvalue weighted by Crippen LogP contribution is -1.99. The lowest BCUT2D eigenvalue weighted by Gasteiger charge is -2.02. The molecule has 70 valence electrons. The van der Waals surface area contributed by atoms with Crippen molar-refractivity contribution in [2.24, 2.45) is 0 Å². The van der Waals surface area contributed by atoms with E-state index in [1.54, 1.807) is 6.07 Å². The molecule has 1 aromatic rings. The van der Waals surface area contributed by atoms with E-state index in [2.05, 4.69) is 18.7 Å². The summed E-state index contributed by atoms with van der Waals surface area (Å²) in [4.78, 5) is 11.5. The van der Waals surface area contributed by atoms with E-state index in [1.807, 2.05) is 12.1 Å². The lowest BCUT2D eigenvalue weighted by molar-refractivity contribution is 0.104. The maximum atomic E-state index is 11.5. The third-order valence-corrected chi connectivity index (χ3v) is 2.46. The Balaban J connectivity index is 2.40. The average molecular weight is 205 g/mol. The Labute approximate surface area is 87.7 Å². The minimum absolute atomic E-state index is 0.0657. The van der Waals surface area contributed by atoms with Gasteiger partial charge in [-0.15, -0.1) is 0 Å². The SMILES string of the molecule is C=C(Cl)C(=O)c1ccc2c(c1)CC=C2. The van der Waals surface area contributed by atoms with Gasteiger partial charge in [0.2, 0.25) is 5.78 Å². The fourth-order valence-electron chi connectivity index (χ4n) is 1.56. The molecule has 1 nitrogen and oxygen atoms in total. The van der Waals surface area contributed by atoms with Crippen LogP contribution in [0.25, 0.3) is 6.08 Å². The topological polar surface area (TPSA) is 17.1 Å². The standard InChI is InChI=1S/C12H9ClO/c1-8(13)12(14)11-6-5-9-3-2-4-10(9)7-11/h2-3,5-7H,1,4H2. The van der Waals surface area contributed by atoms with Crippen LogP contribution in [-0.2, 0) is 6.42 Å². The number of allylic oxidation sites excluding steroid dienone is 2. The molecule has 0 aromatic heterocycles. The molecule has 0 aliphatic heterocycles. The zero-order valence-corrected chi connectivity index (χ0v) is 8.34. The Hall–Kier alpha value is -1.34. The van der Waals surface area contributed by atoms with Gasteiger partial charge in [0, 0.05) is 5.56 Å². The molecular formula is C12H9ClO. The first kappa shape index (κ1) is 9.22. The van der Waals surface area contributed by atoms with Gasteiger partial charge in [-0.3, -0.25) is 4.79 Å². The lowest BCUT2D eigenvalue weighted by atomic mass is 10.0. The van der Waals surface area contributed by atoms with Crippen molar-refractivity contribution in [2.75, 3.05) is 0 Å². The van der Waals surface area contributed by atoms with Crippen LogP contribution in [0.15, 0.2) is 35.9 Å². The van der Waals surface area contributed by atoms with E-state index >= 15 is 0 Å². The van der Waals surface area contributed by atoms with Crippen LogP contribution in [0.4, 0.5) is 0 Å². The molecule has 0 heterocycles. The molecule has 0 atom stereocenters. The van der Waals surface area contributed by atoms with Crippen LogP contribution in [-0.4, -0.2) is 5.78 Å². The molecule has 0 bridgehead atoms. The van der Waals surface area contributed by atoms with Gasteiger partial charge >= 0.3 is 0 Å². The molecule has 1 aliphatic rings. The predicted octanol–water partition coefficient (Wildman–Crippen LogP) is 3.19. The molecule has 0 spiro atoms. The molecule has 0 N–H and O–H groups in total. The summed E-state index contributed by atoms with van der Waals surface area (Å²) < 4.78 is 0. The molecule has 2 heteroatoms. The fraction of sp³-hybridized carbons (Fsp3) is 0.0833. The molecule has 1 aliphatic carbocycles. The van der Waals surface area contributed by atoms with E-state index in [0.29, 0.717) is 5.56 Å². The van der Waals surface area contributed by atoms with Gasteiger partial charge in [0.05, 0.1) is 5.03 Å². The van der Waals surface area contributed by atoms with Crippen molar-refractivity contribution in [3.05, 3.63) is 52.6 Å². The predicted molar refractivity (Wildman–Crippen MR) is 58.5 cm³/mol. The van der Waals surface area contributed by atoms with Gasteiger partial charge in [0.25, 0.3) is 0 Å². The number of hydrogen-bond acceptors (Lipinski definition) is 1. The molecule has 0 radical (unpaired) electrons. The summed E-state index contributed by atoms with van der Waals surface area (Å²) in [5, 5.41) is 0.0657. The molecule has 0 saturated heterocycles.